The molecule has 9 heteroatoms. The Morgan fingerprint density at radius 1 is 1.39 bits per heavy atom. The number of aliphatic hydroxyl groups excluding tert-OH is 2. The molecule has 0 saturated carbocycles. The Labute approximate surface area is 130 Å². The number of aromatic nitrogens is 1. The summed E-state index contributed by atoms with van der Waals surface area (Å²) in [6, 6.07) is -0.650. The highest BCUT2D eigenvalue weighted by Gasteiger charge is 2.43. The second kappa shape index (κ2) is 4.93. The molecule has 0 unspecified atom stereocenters. The first-order valence-corrected chi connectivity index (χ1v) is 6.86. The summed E-state index contributed by atoms with van der Waals surface area (Å²) < 4.78 is 6.20. The summed E-state index contributed by atoms with van der Waals surface area (Å²) in [7, 11) is 0. The SMILES string of the molecule is CC1=C(O)c2c(c(COC(N)=O)c3n2C[C@H](N)[C@@H]3O)C(=O)C1=O. The third-order valence-corrected chi connectivity index (χ3v) is 4.20. The standard InChI is InChI=1S/C14H15N3O6/c1-4-10(18)9-7(13(21)11(4)19)5(3-23-14(16)22)8-12(20)6(15)2-17(8)9/h6,12,18,20H,2-3,15H2,1H3,(H2,16,22)/t6-,12-/m0/s1. The van der Waals surface area contributed by atoms with Gasteiger partial charge in [0.25, 0.3) is 0 Å². The third kappa shape index (κ3) is 1.97. The van der Waals surface area contributed by atoms with Crippen molar-refractivity contribution in [3.8, 4) is 0 Å². The Morgan fingerprint density at radius 2 is 2.04 bits per heavy atom. The molecule has 1 aliphatic carbocycles. The summed E-state index contributed by atoms with van der Waals surface area (Å²) in [4.78, 5) is 35.2. The maximum absolute atomic E-state index is 12.3. The molecule has 122 valence electrons. The molecule has 1 amide bonds. The van der Waals surface area contributed by atoms with E-state index < -0.39 is 36.4 Å². The normalized spacial score (nSPS) is 23.1. The molecule has 1 aromatic rings. The maximum atomic E-state index is 12.3. The minimum Gasteiger partial charge on any atom is -0.505 e. The quantitative estimate of drug-likeness (QED) is 0.535. The Kier molecular flexibility index (Phi) is 3.27. The molecule has 0 spiro atoms. The van der Waals surface area contributed by atoms with Gasteiger partial charge in [-0.2, -0.15) is 0 Å². The largest absolute Gasteiger partial charge is 0.505 e. The monoisotopic (exact) mass is 321 g/mol. The highest BCUT2D eigenvalue weighted by Crippen LogP contribution is 2.41. The van der Waals surface area contributed by atoms with Gasteiger partial charge in [0.15, 0.2) is 0 Å². The number of nitrogens with zero attached hydrogens (tertiary/aromatic N) is 1. The highest BCUT2D eigenvalue weighted by atomic mass is 16.5. The maximum Gasteiger partial charge on any atom is 0.404 e. The van der Waals surface area contributed by atoms with E-state index >= 15 is 0 Å². The van der Waals surface area contributed by atoms with Crippen molar-refractivity contribution in [1.29, 1.82) is 0 Å². The van der Waals surface area contributed by atoms with Gasteiger partial charge in [-0.1, -0.05) is 0 Å². The van der Waals surface area contributed by atoms with Crippen LogP contribution in [0.4, 0.5) is 4.79 Å². The number of ether oxygens (including phenoxy) is 1. The summed E-state index contributed by atoms with van der Waals surface area (Å²) in [6.45, 7) is 1.08. The summed E-state index contributed by atoms with van der Waals surface area (Å²) in [5, 5.41) is 20.5. The van der Waals surface area contributed by atoms with Crippen LogP contribution in [-0.4, -0.2) is 38.5 Å². The molecule has 1 aromatic heterocycles. The molecular weight excluding hydrogens is 306 g/mol. The van der Waals surface area contributed by atoms with Crippen molar-refractivity contribution < 1.29 is 29.3 Å². The molecule has 6 N–H and O–H groups in total. The molecule has 0 radical (unpaired) electrons. The van der Waals surface area contributed by atoms with Gasteiger partial charge in [0.2, 0.25) is 11.6 Å². The molecule has 3 rings (SSSR count). The van der Waals surface area contributed by atoms with Gasteiger partial charge in [0.05, 0.1) is 23.0 Å². The summed E-state index contributed by atoms with van der Waals surface area (Å²) >= 11 is 0. The number of carbonyl (C=O) groups excluding carboxylic acids is 3. The smallest absolute Gasteiger partial charge is 0.404 e. The number of fused-ring (bicyclic) bond motifs is 3. The van der Waals surface area contributed by atoms with Crippen molar-refractivity contribution in [3.63, 3.8) is 0 Å². The van der Waals surface area contributed by atoms with Crippen LogP contribution in [0.1, 0.15) is 40.3 Å². The number of ketones is 2. The van der Waals surface area contributed by atoms with Crippen molar-refractivity contribution in [2.24, 2.45) is 11.5 Å². The molecule has 0 fully saturated rings. The van der Waals surface area contributed by atoms with E-state index in [0.717, 1.165) is 0 Å². The van der Waals surface area contributed by atoms with Gasteiger partial charge in [-0.15, -0.1) is 0 Å². The fourth-order valence-electron chi connectivity index (χ4n) is 3.08. The number of allylic oxidation sites excluding steroid dienone is 1. The number of hydrogen-bond acceptors (Lipinski definition) is 7. The van der Waals surface area contributed by atoms with Crippen molar-refractivity contribution >= 4 is 23.4 Å². The average Bonchev–Trinajstić information content (AvgIpc) is 2.96. The van der Waals surface area contributed by atoms with E-state index in [1.807, 2.05) is 0 Å². The van der Waals surface area contributed by atoms with Gasteiger partial charge in [0, 0.05) is 17.7 Å². The molecule has 2 aliphatic rings. The average molecular weight is 321 g/mol. The lowest BCUT2D eigenvalue weighted by Crippen LogP contribution is -2.29. The second-order valence-corrected chi connectivity index (χ2v) is 5.55. The topological polar surface area (TPSA) is 158 Å². The first kappa shape index (κ1) is 15.3. The third-order valence-electron chi connectivity index (χ3n) is 4.20. The fraction of sp³-hybridized carbons (Fsp3) is 0.357. The zero-order valence-electron chi connectivity index (χ0n) is 12.2. The van der Waals surface area contributed by atoms with Gasteiger partial charge in [-0.05, 0) is 6.92 Å². The Balaban J connectivity index is 2.27. The summed E-state index contributed by atoms with van der Waals surface area (Å²) in [6.07, 6.45) is -2.19. The Bertz CT molecular complexity index is 791. The van der Waals surface area contributed by atoms with Crippen molar-refractivity contribution in [1.82, 2.24) is 4.57 Å². The lowest BCUT2D eigenvalue weighted by atomic mass is 9.90. The van der Waals surface area contributed by atoms with Crippen LogP contribution in [0.15, 0.2) is 5.57 Å². The molecule has 1 aliphatic heterocycles. The molecule has 0 bridgehead atoms. The second-order valence-electron chi connectivity index (χ2n) is 5.55. The zero-order chi connectivity index (χ0) is 17.0. The van der Waals surface area contributed by atoms with Crippen LogP contribution in [0.3, 0.4) is 0 Å². The lowest BCUT2D eigenvalue weighted by molar-refractivity contribution is -0.111. The van der Waals surface area contributed by atoms with Crippen molar-refractivity contribution in [3.05, 3.63) is 28.1 Å². The fourth-order valence-corrected chi connectivity index (χ4v) is 3.08. The van der Waals surface area contributed by atoms with Crippen LogP contribution >= 0.6 is 0 Å². The van der Waals surface area contributed by atoms with Crippen LogP contribution < -0.4 is 11.5 Å². The van der Waals surface area contributed by atoms with E-state index in [9.17, 15) is 24.6 Å². The number of rotatable bonds is 2. The van der Waals surface area contributed by atoms with Gasteiger partial charge >= 0.3 is 6.09 Å². The van der Waals surface area contributed by atoms with E-state index in [1.54, 1.807) is 0 Å². The Morgan fingerprint density at radius 3 is 2.65 bits per heavy atom. The van der Waals surface area contributed by atoms with E-state index in [2.05, 4.69) is 0 Å². The lowest BCUT2D eigenvalue weighted by Gasteiger charge is -2.17. The summed E-state index contributed by atoms with van der Waals surface area (Å²) in [5.41, 5.74) is 11.1. The first-order chi connectivity index (χ1) is 10.8. The Hall–Kier alpha value is -2.65. The van der Waals surface area contributed by atoms with Crippen LogP contribution in [0.5, 0.6) is 0 Å². The molecule has 2 atom stereocenters. The van der Waals surface area contributed by atoms with Crippen LogP contribution in [0.2, 0.25) is 0 Å². The molecule has 2 heterocycles. The van der Waals surface area contributed by atoms with Crippen LogP contribution in [0, 0.1) is 0 Å². The minimum atomic E-state index is -1.12. The first-order valence-electron chi connectivity index (χ1n) is 6.86. The number of aliphatic hydroxyl groups is 2. The van der Waals surface area contributed by atoms with E-state index in [-0.39, 0.29) is 40.4 Å². The molecular formula is C14H15N3O6. The molecule has 0 saturated heterocycles. The predicted octanol–water partition coefficient (Wildman–Crippen LogP) is -0.488. The van der Waals surface area contributed by atoms with Crippen molar-refractivity contribution in [2.75, 3.05) is 0 Å². The molecule has 9 nitrogen and oxygen atoms in total. The predicted molar refractivity (Wildman–Crippen MR) is 76.3 cm³/mol. The van der Waals surface area contributed by atoms with Gasteiger partial charge in [-0.25, -0.2) is 4.79 Å². The molecule has 23 heavy (non-hydrogen) atoms. The van der Waals surface area contributed by atoms with Gasteiger partial charge < -0.3 is 31.0 Å². The number of amides is 1. The van der Waals surface area contributed by atoms with E-state index in [1.165, 1.54) is 11.5 Å². The van der Waals surface area contributed by atoms with E-state index in [4.69, 9.17) is 16.2 Å². The van der Waals surface area contributed by atoms with Gasteiger partial charge in [0.1, 0.15) is 18.5 Å². The number of primary amides is 1. The highest BCUT2D eigenvalue weighted by molar-refractivity contribution is 6.52. The number of carbonyl (C=O) groups is 3. The van der Waals surface area contributed by atoms with Gasteiger partial charge in [-0.3, -0.25) is 9.59 Å². The van der Waals surface area contributed by atoms with Crippen molar-refractivity contribution in [2.45, 2.75) is 32.2 Å². The van der Waals surface area contributed by atoms with E-state index in [0.29, 0.717) is 0 Å². The number of hydrogen-bond donors (Lipinski definition) is 4. The minimum absolute atomic E-state index is 0.0831. The number of nitrogens with two attached hydrogens (primary N) is 2. The summed E-state index contributed by atoms with van der Waals surface area (Å²) in [5.74, 6) is -2.03. The van der Waals surface area contributed by atoms with Crippen LogP contribution in [0.25, 0.3) is 5.76 Å². The molecule has 0 aromatic carbocycles. The number of Topliss-reactive ketones (excluding diaryl/α,β-unsaturated/α-hetero) is 2. The van der Waals surface area contributed by atoms with Crippen LogP contribution in [-0.2, 0) is 22.7 Å². The zero-order valence-corrected chi connectivity index (χ0v) is 12.2.